The Balaban J connectivity index is 1.91. The monoisotopic (exact) mass is 324 g/mol. The van der Waals surface area contributed by atoms with Crippen LogP contribution >= 0.6 is 0 Å². The minimum absolute atomic E-state index is 0.00581. The quantitative estimate of drug-likeness (QED) is 0.919. The van der Waals surface area contributed by atoms with Gasteiger partial charge in [-0.25, -0.2) is 0 Å². The molecule has 2 aromatic rings. The summed E-state index contributed by atoms with van der Waals surface area (Å²) in [5.41, 5.74) is 5.03. The number of hydrogen-bond acceptors (Lipinski definition) is 2. The number of carbonyl (C=O) groups excluding carboxylic acids is 2. The highest BCUT2D eigenvalue weighted by Gasteiger charge is 2.13. The summed E-state index contributed by atoms with van der Waals surface area (Å²) < 4.78 is 0. The van der Waals surface area contributed by atoms with Gasteiger partial charge in [0.15, 0.2) is 0 Å². The van der Waals surface area contributed by atoms with Gasteiger partial charge in [0, 0.05) is 19.2 Å². The molecule has 0 aromatic heterocycles. The fourth-order valence-corrected chi connectivity index (χ4v) is 2.41. The molecule has 126 valence electrons. The molecule has 4 nitrogen and oxygen atoms in total. The van der Waals surface area contributed by atoms with Gasteiger partial charge < -0.3 is 10.2 Å². The minimum atomic E-state index is -0.226. The minimum Gasteiger partial charge on any atom is -0.343 e. The first kappa shape index (κ1) is 17.7. The van der Waals surface area contributed by atoms with Crippen molar-refractivity contribution >= 4 is 11.8 Å². The zero-order valence-electron chi connectivity index (χ0n) is 14.7. The summed E-state index contributed by atoms with van der Waals surface area (Å²) >= 11 is 0. The van der Waals surface area contributed by atoms with E-state index in [1.165, 1.54) is 0 Å². The van der Waals surface area contributed by atoms with E-state index in [0.717, 1.165) is 22.3 Å². The van der Waals surface area contributed by atoms with E-state index in [1.807, 2.05) is 57.2 Å². The van der Waals surface area contributed by atoms with Gasteiger partial charge in [-0.1, -0.05) is 30.3 Å². The van der Waals surface area contributed by atoms with Gasteiger partial charge in [0.05, 0.1) is 6.54 Å². The number of aryl methyl sites for hydroxylation is 3. The van der Waals surface area contributed by atoms with Crippen molar-refractivity contribution in [3.8, 4) is 0 Å². The summed E-state index contributed by atoms with van der Waals surface area (Å²) in [4.78, 5) is 26.0. The smallest absolute Gasteiger partial charge is 0.251 e. The molecule has 2 aromatic carbocycles. The SMILES string of the molecule is Cc1ccc(C(=O)NCC(=O)N(C)Cc2ccccc2C)cc1C. The lowest BCUT2D eigenvalue weighted by atomic mass is 10.1. The van der Waals surface area contributed by atoms with Gasteiger partial charge in [-0.15, -0.1) is 0 Å². The van der Waals surface area contributed by atoms with Crippen LogP contribution in [0.1, 0.15) is 32.6 Å². The van der Waals surface area contributed by atoms with Gasteiger partial charge in [-0.05, 0) is 55.2 Å². The third-order valence-electron chi connectivity index (χ3n) is 4.26. The summed E-state index contributed by atoms with van der Waals surface area (Å²) in [6.07, 6.45) is 0. The van der Waals surface area contributed by atoms with Crippen molar-refractivity contribution in [3.05, 3.63) is 70.3 Å². The van der Waals surface area contributed by atoms with Gasteiger partial charge in [0.25, 0.3) is 5.91 Å². The Labute approximate surface area is 143 Å². The van der Waals surface area contributed by atoms with Crippen molar-refractivity contribution in [2.45, 2.75) is 27.3 Å². The molecular weight excluding hydrogens is 300 g/mol. The first-order valence-electron chi connectivity index (χ1n) is 8.02. The lowest BCUT2D eigenvalue weighted by molar-refractivity contribution is -0.129. The van der Waals surface area contributed by atoms with Crippen LogP contribution in [-0.4, -0.2) is 30.3 Å². The molecule has 0 aliphatic heterocycles. The number of hydrogen-bond donors (Lipinski definition) is 1. The summed E-state index contributed by atoms with van der Waals surface area (Å²) in [7, 11) is 1.75. The summed E-state index contributed by atoms with van der Waals surface area (Å²) in [6, 6.07) is 13.5. The van der Waals surface area contributed by atoms with Crippen LogP contribution in [0.3, 0.4) is 0 Å². The number of amides is 2. The van der Waals surface area contributed by atoms with Crippen LogP contribution in [0.15, 0.2) is 42.5 Å². The highest BCUT2D eigenvalue weighted by molar-refractivity contribution is 5.96. The molecule has 0 aliphatic carbocycles. The molecule has 0 aliphatic rings. The predicted octanol–water partition coefficient (Wildman–Crippen LogP) is 3.00. The maximum atomic E-state index is 12.2. The Morgan fingerprint density at radius 1 is 0.958 bits per heavy atom. The van der Waals surface area contributed by atoms with E-state index in [-0.39, 0.29) is 18.4 Å². The Kier molecular flexibility index (Phi) is 5.74. The predicted molar refractivity (Wildman–Crippen MR) is 95.9 cm³/mol. The summed E-state index contributed by atoms with van der Waals surface area (Å²) in [6.45, 7) is 6.52. The van der Waals surface area contributed by atoms with Crippen LogP contribution in [0.25, 0.3) is 0 Å². The summed E-state index contributed by atoms with van der Waals surface area (Å²) in [5, 5.41) is 2.70. The fraction of sp³-hybridized carbons (Fsp3) is 0.300. The third kappa shape index (κ3) is 4.44. The number of likely N-dealkylation sites (N-methyl/N-ethyl adjacent to an activating group) is 1. The standard InChI is InChI=1S/C20H24N2O2/c1-14-9-10-17(11-16(14)3)20(24)21-12-19(23)22(4)13-18-8-6-5-7-15(18)2/h5-11H,12-13H2,1-4H3,(H,21,24). The van der Waals surface area contributed by atoms with Crippen LogP contribution in [0.4, 0.5) is 0 Å². The fourth-order valence-electron chi connectivity index (χ4n) is 2.41. The van der Waals surface area contributed by atoms with Gasteiger partial charge in [-0.3, -0.25) is 9.59 Å². The number of nitrogens with zero attached hydrogens (tertiary/aromatic N) is 1. The molecular formula is C20H24N2O2. The maximum absolute atomic E-state index is 12.2. The van der Waals surface area contributed by atoms with E-state index in [2.05, 4.69) is 5.32 Å². The molecule has 0 unspecified atom stereocenters. The third-order valence-corrected chi connectivity index (χ3v) is 4.26. The maximum Gasteiger partial charge on any atom is 0.251 e. The number of nitrogens with one attached hydrogen (secondary N) is 1. The molecule has 2 rings (SSSR count). The Morgan fingerprint density at radius 3 is 2.33 bits per heavy atom. The lowest BCUT2D eigenvalue weighted by Crippen LogP contribution is -2.37. The van der Waals surface area contributed by atoms with E-state index < -0.39 is 0 Å². The van der Waals surface area contributed by atoms with E-state index in [9.17, 15) is 9.59 Å². The molecule has 0 spiro atoms. The first-order valence-corrected chi connectivity index (χ1v) is 8.02. The molecule has 0 bridgehead atoms. The normalized spacial score (nSPS) is 10.3. The van der Waals surface area contributed by atoms with E-state index in [1.54, 1.807) is 18.0 Å². The van der Waals surface area contributed by atoms with Crippen molar-refractivity contribution in [3.63, 3.8) is 0 Å². The van der Waals surface area contributed by atoms with Crippen molar-refractivity contribution in [2.75, 3.05) is 13.6 Å². The van der Waals surface area contributed by atoms with Crippen LogP contribution < -0.4 is 5.32 Å². The van der Waals surface area contributed by atoms with Crippen molar-refractivity contribution in [1.82, 2.24) is 10.2 Å². The largest absolute Gasteiger partial charge is 0.343 e. The second-order valence-electron chi connectivity index (χ2n) is 6.16. The Hall–Kier alpha value is -2.62. The van der Waals surface area contributed by atoms with Crippen molar-refractivity contribution in [2.24, 2.45) is 0 Å². The number of rotatable bonds is 5. The molecule has 4 heteroatoms. The molecule has 2 amide bonds. The Morgan fingerprint density at radius 2 is 1.67 bits per heavy atom. The molecule has 0 radical (unpaired) electrons. The second-order valence-corrected chi connectivity index (χ2v) is 6.16. The first-order chi connectivity index (χ1) is 11.4. The van der Waals surface area contributed by atoms with E-state index in [0.29, 0.717) is 12.1 Å². The Bertz CT molecular complexity index is 753. The van der Waals surface area contributed by atoms with Crippen LogP contribution in [0, 0.1) is 20.8 Å². The second kappa shape index (κ2) is 7.77. The number of carbonyl (C=O) groups is 2. The topological polar surface area (TPSA) is 49.4 Å². The van der Waals surface area contributed by atoms with Crippen molar-refractivity contribution in [1.29, 1.82) is 0 Å². The molecule has 0 heterocycles. The summed E-state index contributed by atoms with van der Waals surface area (Å²) in [5.74, 6) is -0.342. The average molecular weight is 324 g/mol. The zero-order chi connectivity index (χ0) is 17.7. The van der Waals surface area contributed by atoms with Gasteiger partial charge in [0.1, 0.15) is 0 Å². The molecule has 0 saturated carbocycles. The number of benzene rings is 2. The lowest BCUT2D eigenvalue weighted by Gasteiger charge is -2.19. The molecule has 1 N–H and O–H groups in total. The molecule has 0 saturated heterocycles. The van der Waals surface area contributed by atoms with Crippen molar-refractivity contribution < 1.29 is 9.59 Å². The van der Waals surface area contributed by atoms with Gasteiger partial charge >= 0.3 is 0 Å². The van der Waals surface area contributed by atoms with Crippen LogP contribution in [0.2, 0.25) is 0 Å². The van der Waals surface area contributed by atoms with E-state index >= 15 is 0 Å². The van der Waals surface area contributed by atoms with Crippen LogP contribution in [-0.2, 0) is 11.3 Å². The highest BCUT2D eigenvalue weighted by Crippen LogP contribution is 2.10. The average Bonchev–Trinajstić information content (AvgIpc) is 2.56. The molecule has 0 atom stereocenters. The zero-order valence-corrected chi connectivity index (χ0v) is 14.7. The molecule has 0 fully saturated rings. The van der Waals surface area contributed by atoms with Gasteiger partial charge in [-0.2, -0.15) is 0 Å². The van der Waals surface area contributed by atoms with E-state index in [4.69, 9.17) is 0 Å². The van der Waals surface area contributed by atoms with Gasteiger partial charge in [0.2, 0.25) is 5.91 Å². The highest BCUT2D eigenvalue weighted by atomic mass is 16.2. The van der Waals surface area contributed by atoms with Crippen LogP contribution in [0.5, 0.6) is 0 Å². The molecule has 24 heavy (non-hydrogen) atoms.